The van der Waals surface area contributed by atoms with Crippen molar-refractivity contribution in [3.05, 3.63) is 9.81 Å². The van der Waals surface area contributed by atoms with Gasteiger partial charge in [-0.3, -0.25) is 19.4 Å². The second-order valence-corrected chi connectivity index (χ2v) is 8.32. The van der Waals surface area contributed by atoms with Gasteiger partial charge in [0.05, 0.1) is 4.24 Å². The first-order valence-corrected chi connectivity index (χ1v) is 10.6. The number of imide groups is 2. The number of amides is 5. The molecule has 5 amide bonds. The normalized spacial score (nSPS) is 18.6. The highest BCUT2D eigenvalue weighted by molar-refractivity contribution is 8.22. The number of urea groups is 1. The second-order valence-electron chi connectivity index (χ2n) is 5.85. The Kier molecular flexibility index (Phi) is 7.83. The summed E-state index contributed by atoms with van der Waals surface area (Å²) in [5.41, 5.74) is 0.0848. The largest absolute Gasteiger partial charge is 0.465 e. The van der Waals surface area contributed by atoms with Gasteiger partial charge >= 0.3 is 12.1 Å². The Labute approximate surface area is 160 Å². The van der Waals surface area contributed by atoms with E-state index in [0.717, 1.165) is 34.1 Å². The van der Waals surface area contributed by atoms with Crippen LogP contribution in [0.4, 0.5) is 9.59 Å². The molecule has 2 fully saturated rings. The second kappa shape index (κ2) is 9.86. The summed E-state index contributed by atoms with van der Waals surface area (Å²) in [6.07, 6.45) is 1.64. The summed E-state index contributed by atoms with van der Waals surface area (Å²) in [5, 5.41) is 10.8. The van der Waals surface area contributed by atoms with Gasteiger partial charge in [-0.1, -0.05) is 13.3 Å². The Morgan fingerprint density at radius 1 is 1.08 bits per heavy atom. The third kappa shape index (κ3) is 4.94. The lowest BCUT2D eigenvalue weighted by Crippen LogP contribution is -2.57. The molecule has 26 heavy (non-hydrogen) atoms. The van der Waals surface area contributed by atoms with Crippen LogP contribution >= 0.6 is 23.5 Å². The van der Waals surface area contributed by atoms with Crippen LogP contribution in [0.3, 0.4) is 0 Å². The Hall–Kier alpha value is -1.68. The van der Waals surface area contributed by atoms with Crippen molar-refractivity contribution >= 4 is 47.5 Å². The monoisotopic (exact) mass is 401 g/mol. The van der Waals surface area contributed by atoms with E-state index in [4.69, 9.17) is 5.11 Å². The van der Waals surface area contributed by atoms with E-state index < -0.39 is 23.9 Å². The lowest BCUT2D eigenvalue weighted by atomic mass is 10.1. The van der Waals surface area contributed by atoms with Gasteiger partial charge in [0.25, 0.3) is 11.8 Å². The Morgan fingerprint density at radius 2 is 1.65 bits per heavy atom. The van der Waals surface area contributed by atoms with E-state index in [1.807, 2.05) is 6.92 Å². The molecule has 10 heteroatoms. The van der Waals surface area contributed by atoms with Crippen LogP contribution in [0.1, 0.15) is 32.6 Å². The summed E-state index contributed by atoms with van der Waals surface area (Å²) in [6.45, 7) is 2.44. The highest BCUT2D eigenvalue weighted by Gasteiger charge is 2.43. The number of barbiturate groups is 1. The quantitative estimate of drug-likeness (QED) is 0.383. The van der Waals surface area contributed by atoms with E-state index in [9.17, 15) is 19.2 Å². The fraction of sp³-hybridized carbons (Fsp3) is 0.625. The molecular formula is C16H23N3O5S2. The zero-order chi connectivity index (χ0) is 19.1. The number of carbonyl (C=O) groups excluding carboxylic acids is 3. The van der Waals surface area contributed by atoms with Crippen molar-refractivity contribution in [3.63, 3.8) is 0 Å². The van der Waals surface area contributed by atoms with Crippen LogP contribution in [0.5, 0.6) is 0 Å². The smallest absolute Gasteiger partial charge is 0.404 e. The Morgan fingerprint density at radius 3 is 2.19 bits per heavy atom. The molecule has 8 nitrogen and oxygen atoms in total. The molecule has 0 bridgehead atoms. The average molecular weight is 402 g/mol. The van der Waals surface area contributed by atoms with Crippen LogP contribution in [0, 0.1) is 0 Å². The van der Waals surface area contributed by atoms with E-state index in [2.05, 4.69) is 5.32 Å². The highest BCUT2D eigenvalue weighted by Crippen LogP contribution is 2.39. The lowest BCUT2D eigenvalue weighted by Gasteiger charge is -2.35. The zero-order valence-corrected chi connectivity index (χ0v) is 16.3. The first-order valence-electron chi connectivity index (χ1n) is 8.61. The van der Waals surface area contributed by atoms with Crippen LogP contribution in [0.2, 0.25) is 0 Å². The van der Waals surface area contributed by atoms with E-state index in [-0.39, 0.29) is 25.2 Å². The predicted octanol–water partition coefficient (Wildman–Crippen LogP) is 2.32. The summed E-state index contributed by atoms with van der Waals surface area (Å²) in [6, 6.07) is -0.612. The third-order valence-corrected chi connectivity index (χ3v) is 6.53. The van der Waals surface area contributed by atoms with Gasteiger partial charge in [-0.2, -0.15) is 0 Å². The van der Waals surface area contributed by atoms with Crippen molar-refractivity contribution in [2.24, 2.45) is 0 Å². The van der Waals surface area contributed by atoms with Crippen molar-refractivity contribution in [2.75, 3.05) is 31.1 Å². The maximum atomic E-state index is 12.8. The van der Waals surface area contributed by atoms with Crippen LogP contribution in [-0.2, 0) is 9.59 Å². The van der Waals surface area contributed by atoms with Gasteiger partial charge in [-0.25, -0.2) is 9.59 Å². The molecule has 0 spiro atoms. The number of nitrogens with zero attached hydrogens (tertiary/aromatic N) is 2. The molecule has 2 aliphatic rings. The molecular weight excluding hydrogens is 378 g/mol. The fourth-order valence-corrected chi connectivity index (χ4v) is 5.18. The topological polar surface area (TPSA) is 107 Å². The average Bonchev–Trinajstić information content (AvgIpc) is 2.61. The summed E-state index contributed by atoms with van der Waals surface area (Å²) in [5.74, 6) is 0.612. The van der Waals surface area contributed by atoms with Gasteiger partial charge in [-0.05, 0) is 30.8 Å². The van der Waals surface area contributed by atoms with Crippen molar-refractivity contribution < 1.29 is 24.3 Å². The minimum atomic E-state index is -1.15. The molecule has 0 aromatic heterocycles. The van der Waals surface area contributed by atoms with Crippen LogP contribution in [0.25, 0.3) is 0 Å². The fourth-order valence-electron chi connectivity index (χ4n) is 2.57. The SMILES string of the molecule is CCCCN1C(=O)C(=C2SCCCS2)C(=O)N(CCCNC(=O)O)C1=O. The third-order valence-electron chi connectivity index (χ3n) is 3.91. The number of nitrogens with one attached hydrogen (secondary N) is 1. The standard InChI is InChI=1S/C16H23N3O5S2/c1-2-3-7-18-12(20)11(14-25-9-5-10-26-14)13(21)19(16(18)24)8-4-6-17-15(22)23/h17H,2-10H2,1H3,(H,22,23). The van der Waals surface area contributed by atoms with Crippen molar-refractivity contribution in [1.29, 1.82) is 0 Å². The van der Waals surface area contributed by atoms with Crippen molar-refractivity contribution in [1.82, 2.24) is 15.1 Å². The molecule has 0 radical (unpaired) electrons. The molecule has 0 saturated carbocycles. The predicted molar refractivity (Wildman–Crippen MR) is 101 cm³/mol. The van der Waals surface area contributed by atoms with Crippen LogP contribution in [0.15, 0.2) is 9.81 Å². The first kappa shape index (κ1) is 20.6. The molecule has 0 aliphatic carbocycles. The molecule has 2 rings (SSSR count). The van der Waals surface area contributed by atoms with Gasteiger partial charge in [0, 0.05) is 19.6 Å². The van der Waals surface area contributed by atoms with Crippen molar-refractivity contribution in [2.45, 2.75) is 32.6 Å². The number of thioether (sulfide) groups is 2. The van der Waals surface area contributed by atoms with Gasteiger partial charge in [0.2, 0.25) is 0 Å². The first-order chi connectivity index (χ1) is 12.5. The number of unbranched alkanes of at least 4 members (excludes halogenated alkanes) is 1. The Balaban J connectivity index is 2.22. The summed E-state index contributed by atoms with van der Waals surface area (Å²) in [7, 11) is 0. The van der Waals surface area contributed by atoms with E-state index in [1.54, 1.807) is 0 Å². The summed E-state index contributed by atoms with van der Waals surface area (Å²) in [4.78, 5) is 51.0. The molecule has 2 saturated heterocycles. The molecule has 0 aromatic rings. The minimum absolute atomic E-state index is 0.0694. The molecule has 0 atom stereocenters. The molecule has 2 heterocycles. The van der Waals surface area contributed by atoms with Crippen molar-refractivity contribution in [3.8, 4) is 0 Å². The van der Waals surface area contributed by atoms with Crippen LogP contribution < -0.4 is 5.32 Å². The molecule has 2 N–H and O–H groups in total. The van der Waals surface area contributed by atoms with Gasteiger partial charge in [0.15, 0.2) is 0 Å². The van der Waals surface area contributed by atoms with Crippen LogP contribution in [-0.4, -0.2) is 70.0 Å². The minimum Gasteiger partial charge on any atom is -0.465 e. The Bertz CT molecular complexity index is 615. The maximum absolute atomic E-state index is 12.8. The summed E-state index contributed by atoms with van der Waals surface area (Å²) >= 11 is 2.97. The molecule has 144 valence electrons. The molecule has 0 aromatic carbocycles. The molecule has 0 unspecified atom stereocenters. The zero-order valence-electron chi connectivity index (χ0n) is 14.7. The molecule has 2 aliphatic heterocycles. The number of hydrogen-bond donors (Lipinski definition) is 2. The van der Waals surface area contributed by atoms with E-state index in [0.29, 0.717) is 17.1 Å². The maximum Gasteiger partial charge on any atom is 0.404 e. The van der Waals surface area contributed by atoms with Gasteiger partial charge in [-0.15, -0.1) is 23.5 Å². The number of carboxylic acid groups (broad SMARTS) is 1. The summed E-state index contributed by atoms with van der Waals surface area (Å²) < 4.78 is 0.689. The van der Waals surface area contributed by atoms with Gasteiger partial charge in [0.1, 0.15) is 5.57 Å². The number of rotatable bonds is 7. The lowest BCUT2D eigenvalue weighted by molar-refractivity contribution is -0.136. The van der Waals surface area contributed by atoms with E-state index in [1.165, 1.54) is 23.5 Å². The van der Waals surface area contributed by atoms with Gasteiger partial charge < -0.3 is 10.4 Å². The number of hydrogen-bond acceptors (Lipinski definition) is 6. The number of carbonyl (C=O) groups is 4. The highest BCUT2D eigenvalue weighted by atomic mass is 32.2. The van der Waals surface area contributed by atoms with E-state index >= 15 is 0 Å².